The number of nitrogens with one attached hydrogen (secondary N) is 1. The van der Waals surface area contributed by atoms with E-state index in [1.807, 2.05) is 16.7 Å². The fraction of sp³-hybridized carbons (Fsp3) is 0.462. The number of fused-ring (bicyclic) bond motifs is 1. The monoisotopic (exact) mass is 349 g/mol. The first-order chi connectivity index (χ1) is 9.92. The van der Waals surface area contributed by atoms with Crippen LogP contribution >= 0.6 is 23.2 Å². The number of imidazole rings is 1. The van der Waals surface area contributed by atoms with Crippen LogP contribution in [0.3, 0.4) is 0 Å². The fourth-order valence-electron chi connectivity index (χ4n) is 2.18. The second-order valence-corrected chi connectivity index (χ2v) is 7.36. The summed E-state index contributed by atoms with van der Waals surface area (Å²) in [7, 11) is -3.15. The number of alkyl halides is 1. The summed E-state index contributed by atoms with van der Waals surface area (Å²) in [5.74, 6) is 1.34. The first-order valence-corrected chi connectivity index (χ1v) is 9.37. The summed E-state index contributed by atoms with van der Waals surface area (Å²) in [6.45, 7) is 1.05. The van der Waals surface area contributed by atoms with Gasteiger partial charge in [-0.25, -0.2) is 18.1 Å². The van der Waals surface area contributed by atoms with Crippen LogP contribution in [0, 0.1) is 0 Å². The maximum Gasteiger partial charge on any atom is 0.208 e. The summed E-state index contributed by atoms with van der Waals surface area (Å²) >= 11 is 12.0. The normalized spacial score (nSPS) is 12.1. The van der Waals surface area contributed by atoms with Gasteiger partial charge in [0, 0.05) is 25.4 Å². The van der Waals surface area contributed by atoms with E-state index in [-0.39, 0.29) is 0 Å². The minimum atomic E-state index is -3.15. The van der Waals surface area contributed by atoms with Crippen LogP contribution < -0.4 is 4.72 Å². The summed E-state index contributed by atoms with van der Waals surface area (Å²) in [5, 5.41) is 0.608. The number of benzene rings is 1. The van der Waals surface area contributed by atoms with Crippen molar-refractivity contribution in [1.29, 1.82) is 0 Å². The SMILES string of the molecule is CS(=O)(=O)NCCCn1c(CCCl)nc2c(Cl)cccc21. The molecule has 0 aliphatic carbocycles. The highest BCUT2D eigenvalue weighted by Gasteiger charge is 2.12. The van der Waals surface area contributed by atoms with Crippen LogP contribution in [-0.2, 0) is 23.0 Å². The molecule has 1 N–H and O–H groups in total. The van der Waals surface area contributed by atoms with Crippen LogP contribution in [-0.4, -0.2) is 36.6 Å². The van der Waals surface area contributed by atoms with Gasteiger partial charge in [-0.2, -0.15) is 0 Å². The van der Waals surface area contributed by atoms with Gasteiger partial charge in [0.15, 0.2) is 0 Å². The van der Waals surface area contributed by atoms with Gasteiger partial charge in [-0.3, -0.25) is 0 Å². The number of halogens is 2. The van der Waals surface area contributed by atoms with Gasteiger partial charge in [-0.15, -0.1) is 11.6 Å². The van der Waals surface area contributed by atoms with E-state index in [9.17, 15) is 8.42 Å². The number of hydrogen-bond acceptors (Lipinski definition) is 3. The average molecular weight is 350 g/mol. The highest BCUT2D eigenvalue weighted by Crippen LogP contribution is 2.24. The number of rotatable bonds is 7. The molecule has 2 rings (SSSR count). The Hall–Kier alpha value is -0.820. The van der Waals surface area contributed by atoms with Crippen molar-refractivity contribution in [1.82, 2.24) is 14.3 Å². The molecule has 21 heavy (non-hydrogen) atoms. The highest BCUT2D eigenvalue weighted by atomic mass is 35.5. The molecule has 8 heteroatoms. The van der Waals surface area contributed by atoms with E-state index < -0.39 is 10.0 Å². The molecule has 116 valence electrons. The largest absolute Gasteiger partial charge is 0.328 e. The lowest BCUT2D eigenvalue weighted by atomic mass is 10.3. The van der Waals surface area contributed by atoms with E-state index in [1.165, 1.54) is 0 Å². The third-order valence-corrected chi connectivity index (χ3v) is 4.27. The van der Waals surface area contributed by atoms with Crippen molar-refractivity contribution >= 4 is 44.3 Å². The maximum absolute atomic E-state index is 11.1. The lowest BCUT2D eigenvalue weighted by Gasteiger charge is -2.08. The zero-order valence-corrected chi connectivity index (χ0v) is 14.0. The Balaban J connectivity index is 2.20. The van der Waals surface area contributed by atoms with Gasteiger partial charge in [0.2, 0.25) is 10.0 Å². The Morgan fingerprint density at radius 1 is 1.38 bits per heavy atom. The predicted octanol–water partition coefficient (Wildman–Crippen LogP) is 2.41. The Morgan fingerprint density at radius 2 is 2.14 bits per heavy atom. The van der Waals surface area contributed by atoms with Crippen molar-refractivity contribution in [3.05, 3.63) is 29.0 Å². The topological polar surface area (TPSA) is 64.0 Å². The number of sulfonamides is 1. The van der Waals surface area contributed by atoms with Gasteiger partial charge >= 0.3 is 0 Å². The standard InChI is InChI=1S/C13H17Cl2N3O2S/c1-21(19,20)16-8-3-9-18-11-5-2-4-10(15)13(11)17-12(18)6-7-14/h2,4-5,16H,3,6-9H2,1H3. The van der Waals surface area contributed by atoms with Gasteiger partial charge in [-0.05, 0) is 18.6 Å². The molecule has 0 unspecified atom stereocenters. The average Bonchev–Trinajstić information content (AvgIpc) is 2.74. The number of nitrogens with zero attached hydrogens (tertiary/aromatic N) is 2. The molecule has 0 aliphatic heterocycles. The minimum Gasteiger partial charge on any atom is -0.328 e. The van der Waals surface area contributed by atoms with E-state index >= 15 is 0 Å². The van der Waals surface area contributed by atoms with E-state index in [0.717, 1.165) is 23.1 Å². The van der Waals surface area contributed by atoms with Gasteiger partial charge in [-0.1, -0.05) is 17.7 Å². The second-order valence-electron chi connectivity index (χ2n) is 4.75. The summed E-state index contributed by atoms with van der Waals surface area (Å²) < 4.78 is 26.6. The molecule has 0 atom stereocenters. The first kappa shape index (κ1) is 16.5. The number of aromatic nitrogens is 2. The van der Waals surface area contributed by atoms with Gasteiger partial charge in [0.1, 0.15) is 11.3 Å². The summed E-state index contributed by atoms with van der Waals surface area (Å²) in [6, 6.07) is 5.63. The van der Waals surface area contributed by atoms with Crippen molar-refractivity contribution in [2.45, 2.75) is 19.4 Å². The molecule has 2 aromatic rings. The molecule has 0 aliphatic rings. The van der Waals surface area contributed by atoms with Crippen LogP contribution in [0.4, 0.5) is 0 Å². The number of hydrogen-bond donors (Lipinski definition) is 1. The Labute approximate surface area is 134 Å². The summed E-state index contributed by atoms with van der Waals surface area (Å²) in [6.07, 6.45) is 2.46. The quantitative estimate of drug-likeness (QED) is 0.616. The van der Waals surface area contributed by atoms with E-state index in [1.54, 1.807) is 6.07 Å². The maximum atomic E-state index is 11.1. The third kappa shape index (κ3) is 4.32. The Kier molecular flexibility index (Phi) is 5.48. The summed E-state index contributed by atoms with van der Waals surface area (Å²) in [4.78, 5) is 4.54. The fourth-order valence-corrected chi connectivity index (χ4v) is 3.08. The van der Waals surface area contributed by atoms with Crippen LogP contribution in [0.5, 0.6) is 0 Å². The molecule has 1 aromatic carbocycles. The van der Waals surface area contributed by atoms with E-state index in [2.05, 4.69) is 9.71 Å². The van der Waals surface area contributed by atoms with Crippen LogP contribution in [0.15, 0.2) is 18.2 Å². The van der Waals surface area contributed by atoms with Crippen LogP contribution in [0.25, 0.3) is 11.0 Å². The van der Waals surface area contributed by atoms with Crippen molar-refractivity contribution in [2.75, 3.05) is 18.7 Å². The molecule has 0 fully saturated rings. The number of aryl methyl sites for hydroxylation is 2. The molecule has 0 radical (unpaired) electrons. The van der Waals surface area contributed by atoms with Crippen molar-refractivity contribution in [3.8, 4) is 0 Å². The van der Waals surface area contributed by atoms with E-state index in [0.29, 0.717) is 36.8 Å². The van der Waals surface area contributed by atoms with Gasteiger partial charge < -0.3 is 4.57 Å². The first-order valence-electron chi connectivity index (χ1n) is 6.56. The predicted molar refractivity (Wildman–Crippen MR) is 86.6 cm³/mol. The highest BCUT2D eigenvalue weighted by molar-refractivity contribution is 7.88. The van der Waals surface area contributed by atoms with Crippen molar-refractivity contribution in [3.63, 3.8) is 0 Å². The lowest BCUT2D eigenvalue weighted by Crippen LogP contribution is -2.24. The number of para-hydroxylation sites is 1. The lowest BCUT2D eigenvalue weighted by molar-refractivity contribution is 0.574. The van der Waals surface area contributed by atoms with Gasteiger partial charge in [0.05, 0.1) is 16.8 Å². The molecule has 0 spiro atoms. The molecule has 1 heterocycles. The summed E-state index contributed by atoms with van der Waals surface area (Å²) in [5.41, 5.74) is 1.71. The smallest absolute Gasteiger partial charge is 0.208 e. The zero-order chi connectivity index (χ0) is 15.5. The second kappa shape index (κ2) is 6.96. The molecule has 0 bridgehead atoms. The minimum absolute atomic E-state index is 0.388. The molecule has 1 aromatic heterocycles. The molecular formula is C13H17Cl2N3O2S. The van der Waals surface area contributed by atoms with Crippen molar-refractivity contribution in [2.24, 2.45) is 0 Å². The van der Waals surface area contributed by atoms with Crippen LogP contribution in [0.2, 0.25) is 5.02 Å². The molecular weight excluding hydrogens is 333 g/mol. The van der Waals surface area contributed by atoms with Crippen molar-refractivity contribution < 1.29 is 8.42 Å². The van der Waals surface area contributed by atoms with Gasteiger partial charge in [0.25, 0.3) is 0 Å². The molecule has 0 saturated heterocycles. The third-order valence-electron chi connectivity index (χ3n) is 3.05. The van der Waals surface area contributed by atoms with E-state index in [4.69, 9.17) is 23.2 Å². The molecule has 5 nitrogen and oxygen atoms in total. The Bertz CT molecular complexity index is 728. The van der Waals surface area contributed by atoms with Crippen LogP contribution in [0.1, 0.15) is 12.2 Å². The molecule has 0 saturated carbocycles. The zero-order valence-electron chi connectivity index (χ0n) is 11.6. The Morgan fingerprint density at radius 3 is 2.81 bits per heavy atom. The molecule has 0 amide bonds.